The number of carbonyl (C=O) groups is 2. The van der Waals surface area contributed by atoms with Crippen LogP contribution in [0.15, 0.2) is 73.1 Å². The molecule has 176 valence electrons. The smallest absolute Gasteiger partial charge is 0.434 e. The van der Waals surface area contributed by atoms with Gasteiger partial charge >= 0.3 is 6.18 Å². The van der Waals surface area contributed by atoms with E-state index < -0.39 is 23.3 Å². The molecule has 2 aromatic carbocycles. The van der Waals surface area contributed by atoms with Gasteiger partial charge in [-0.2, -0.15) is 18.3 Å². The molecule has 1 aliphatic heterocycles. The Morgan fingerprint density at radius 1 is 1.09 bits per heavy atom. The number of alkyl halides is 3. The summed E-state index contributed by atoms with van der Waals surface area (Å²) in [5, 5.41) is 8.89. The fourth-order valence-electron chi connectivity index (χ4n) is 3.70. The van der Waals surface area contributed by atoms with Crippen molar-refractivity contribution in [2.45, 2.75) is 12.6 Å². The van der Waals surface area contributed by atoms with E-state index in [2.05, 4.69) is 20.7 Å². The summed E-state index contributed by atoms with van der Waals surface area (Å²) in [6.07, 6.45) is -2.35. The van der Waals surface area contributed by atoms with E-state index in [1.807, 2.05) is 0 Å². The number of ether oxygens (including phenoxy) is 1. The van der Waals surface area contributed by atoms with Crippen molar-refractivity contribution in [1.82, 2.24) is 14.8 Å². The number of nitrogens with zero attached hydrogens (tertiary/aromatic N) is 3. The van der Waals surface area contributed by atoms with Gasteiger partial charge in [-0.1, -0.05) is 24.3 Å². The van der Waals surface area contributed by atoms with E-state index in [1.165, 1.54) is 30.5 Å². The number of fused-ring (bicyclic) bond motifs is 1. The number of aromatic nitrogens is 3. The molecule has 0 saturated heterocycles. The summed E-state index contributed by atoms with van der Waals surface area (Å²) in [5.41, 5.74) is -0.822. The monoisotopic (exact) mass is 479 g/mol. The fourth-order valence-corrected chi connectivity index (χ4v) is 3.70. The number of nitrogens with one attached hydrogen (secondary N) is 2. The molecular formula is C24H16F3N5O3. The lowest BCUT2D eigenvalue weighted by molar-refractivity contribution is -0.143. The average Bonchev–Trinajstić information content (AvgIpc) is 3.44. The maximum atomic E-state index is 13.9. The number of carbonyl (C=O) groups excluding carboxylic acids is 2. The summed E-state index contributed by atoms with van der Waals surface area (Å²) in [6, 6.07) is 15.5. The number of pyridine rings is 1. The molecule has 8 nitrogen and oxygen atoms in total. The molecule has 2 aromatic heterocycles. The van der Waals surface area contributed by atoms with Crippen LogP contribution in [-0.2, 0) is 17.4 Å². The van der Waals surface area contributed by atoms with Gasteiger partial charge in [-0.3, -0.25) is 9.59 Å². The highest BCUT2D eigenvalue weighted by Crippen LogP contribution is 2.35. The zero-order valence-corrected chi connectivity index (χ0v) is 17.8. The van der Waals surface area contributed by atoms with Crippen LogP contribution in [0, 0.1) is 0 Å². The van der Waals surface area contributed by atoms with Crippen molar-refractivity contribution in [3.05, 3.63) is 89.9 Å². The molecule has 0 fully saturated rings. The van der Waals surface area contributed by atoms with E-state index in [1.54, 1.807) is 36.4 Å². The minimum absolute atomic E-state index is 0.112. The maximum Gasteiger partial charge on any atom is 0.434 e. The van der Waals surface area contributed by atoms with Gasteiger partial charge in [0.05, 0.1) is 23.9 Å². The van der Waals surface area contributed by atoms with Gasteiger partial charge in [-0.05, 0) is 30.3 Å². The molecule has 3 heterocycles. The van der Waals surface area contributed by atoms with Crippen LogP contribution in [0.1, 0.15) is 21.6 Å². The van der Waals surface area contributed by atoms with Gasteiger partial charge in [0.2, 0.25) is 5.91 Å². The van der Waals surface area contributed by atoms with Crippen LogP contribution in [0.3, 0.4) is 0 Å². The van der Waals surface area contributed by atoms with Gasteiger partial charge in [0.1, 0.15) is 17.3 Å². The van der Waals surface area contributed by atoms with Gasteiger partial charge in [0.15, 0.2) is 5.69 Å². The molecule has 0 aliphatic carbocycles. The van der Waals surface area contributed by atoms with Crippen molar-refractivity contribution in [3.63, 3.8) is 0 Å². The zero-order valence-electron chi connectivity index (χ0n) is 17.8. The van der Waals surface area contributed by atoms with Crippen LogP contribution in [0.4, 0.5) is 24.7 Å². The number of benzene rings is 2. The molecule has 0 atom stereocenters. The number of para-hydroxylation sites is 1. The third-order valence-electron chi connectivity index (χ3n) is 5.21. The molecule has 2 amide bonds. The Morgan fingerprint density at radius 2 is 1.89 bits per heavy atom. The van der Waals surface area contributed by atoms with Crippen molar-refractivity contribution in [1.29, 1.82) is 0 Å². The first-order valence-corrected chi connectivity index (χ1v) is 10.4. The first-order valence-electron chi connectivity index (χ1n) is 10.4. The molecule has 11 heteroatoms. The number of halogens is 3. The van der Waals surface area contributed by atoms with E-state index >= 15 is 0 Å². The molecule has 0 spiro atoms. The van der Waals surface area contributed by atoms with Crippen LogP contribution >= 0.6 is 0 Å². The molecule has 0 radical (unpaired) electrons. The number of hydrogen-bond acceptors (Lipinski definition) is 5. The Bertz CT molecular complexity index is 1430. The van der Waals surface area contributed by atoms with E-state index in [-0.39, 0.29) is 23.7 Å². The summed E-state index contributed by atoms with van der Waals surface area (Å²) in [6.45, 7) is 0. The minimum atomic E-state index is -4.82. The summed E-state index contributed by atoms with van der Waals surface area (Å²) in [5.74, 6) is -0.0590. The summed E-state index contributed by atoms with van der Waals surface area (Å²) in [4.78, 5) is 28.6. The minimum Gasteiger partial charge on any atom is -0.457 e. The topological polar surface area (TPSA) is 98.1 Å². The van der Waals surface area contributed by atoms with Gasteiger partial charge in [0.25, 0.3) is 5.91 Å². The molecule has 35 heavy (non-hydrogen) atoms. The van der Waals surface area contributed by atoms with Crippen LogP contribution in [-0.4, -0.2) is 26.6 Å². The third kappa shape index (κ3) is 4.43. The number of amides is 2. The highest BCUT2D eigenvalue weighted by atomic mass is 19.4. The van der Waals surface area contributed by atoms with Crippen molar-refractivity contribution in [2.24, 2.45) is 0 Å². The predicted octanol–water partition coefficient (Wildman–Crippen LogP) is 4.83. The SMILES string of the molecule is O=C1Cc2c(Oc3cccc(NC(=O)c4cnn(-c5ccccc5)c4C(F)(F)F)c3)ccnc2N1. The Morgan fingerprint density at radius 3 is 2.66 bits per heavy atom. The fraction of sp³-hybridized carbons (Fsp3) is 0.0833. The normalized spacial score (nSPS) is 12.7. The highest BCUT2D eigenvalue weighted by molar-refractivity contribution is 6.05. The number of hydrogen-bond donors (Lipinski definition) is 2. The maximum absolute atomic E-state index is 13.9. The van der Waals surface area contributed by atoms with Gasteiger partial charge in [-0.15, -0.1) is 0 Å². The van der Waals surface area contributed by atoms with Gasteiger partial charge < -0.3 is 15.4 Å². The third-order valence-corrected chi connectivity index (χ3v) is 5.21. The van der Waals surface area contributed by atoms with Crippen LogP contribution in [0.5, 0.6) is 11.5 Å². The zero-order chi connectivity index (χ0) is 24.6. The molecule has 0 bridgehead atoms. The Kier molecular flexibility index (Phi) is 5.44. The summed E-state index contributed by atoms with van der Waals surface area (Å²) < 4.78 is 48.2. The first kappa shape index (κ1) is 22.1. The lowest BCUT2D eigenvalue weighted by Gasteiger charge is -2.13. The summed E-state index contributed by atoms with van der Waals surface area (Å²) >= 11 is 0. The largest absolute Gasteiger partial charge is 0.457 e. The molecule has 0 unspecified atom stereocenters. The Balaban J connectivity index is 1.40. The van der Waals surface area contributed by atoms with Crippen molar-refractivity contribution in [2.75, 3.05) is 10.6 Å². The van der Waals surface area contributed by atoms with E-state index in [0.29, 0.717) is 27.6 Å². The number of rotatable bonds is 5. The highest BCUT2D eigenvalue weighted by Gasteiger charge is 2.40. The molecule has 4 aromatic rings. The van der Waals surface area contributed by atoms with Crippen molar-refractivity contribution in [3.8, 4) is 17.2 Å². The average molecular weight is 479 g/mol. The molecule has 1 aliphatic rings. The lowest BCUT2D eigenvalue weighted by atomic mass is 10.2. The van der Waals surface area contributed by atoms with Crippen LogP contribution < -0.4 is 15.4 Å². The van der Waals surface area contributed by atoms with E-state index in [4.69, 9.17) is 4.74 Å². The van der Waals surface area contributed by atoms with Gasteiger partial charge in [-0.25, -0.2) is 9.67 Å². The van der Waals surface area contributed by atoms with Gasteiger partial charge in [0, 0.05) is 23.5 Å². The Labute approximate surface area is 196 Å². The predicted molar refractivity (Wildman–Crippen MR) is 120 cm³/mol. The Hall–Kier alpha value is -4.67. The van der Waals surface area contributed by atoms with E-state index in [9.17, 15) is 22.8 Å². The molecular weight excluding hydrogens is 463 g/mol. The quantitative estimate of drug-likeness (QED) is 0.428. The molecule has 2 N–H and O–H groups in total. The molecule has 0 saturated carbocycles. The van der Waals surface area contributed by atoms with Crippen molar-refractivity contribution < 1.29 is 27.5 Å². The second-order valence-corrected chi connectivity index (χ2v) is 7.60. The molecule has 5 rings (SSSR count). The standard InChI is InChI=1S/C24H16F3N5O3/c25-24(26,27)21-18(13-29-32(21)15-6-2-1-3-7-15)23(34)30-14-5-4-8-16(11-14)35-19-9-10-28-22-17(19)12-20(33)31-22/h1-11,13H,12H2,(H,30,34)(H,28,31,33). The van der Waals surface area contributed by atoms with E-state index in [0.717, 1.165) is 6.20 Å². The van der Waals surface area contributed by atoms with Crippen molar-refractivity contribution >= 4 is 23.3 Å². The second-order valence-electron chi connectivity index (χ2n) is 7.60. The first-order chi connectivity index (χ1) is 16.8. The second kappa shape index (κ2) is 8.60. The van der Waals surface area contributed by atoms with Crippen LogP contribution in [0.25, 0.3) is 5.69 Å². The lowest BCUT2D eigenvalue weighted by Crippen LogP contribution is -2.20. The van der Waals surface area contributed by atoms with Crippen LogP contribution in [0.2, 0.25) is 0 Å². The summed E-state index contributed by atoms with van der Waals surface area (Å²) in [7, 11) is 0. The number of anilines is 2.